The van der Waals surface area contributed by atoms with Gasteiger partial charge >= 0.3 is 0 Å². The van der Waals surface area contributed by atoms with Crippen LogP contribution in [-0.4, -0.2) is 13.2 Å². The van der Waals surface area contributed by atoms with E-state index in [0.717, 1.165) is 29.1 Å². The van der Waals surface area contributed by atoms with Crippen LogP contribution in [0.3, 0.4) is 0 Å². The van der Waals surface area contributed by atoms with E-state index in [4.69, 9.17) is 32.7 Å². The van der Waals surface area contributed by atoms with Crippen molar-refractivity contribution in [2.45, 2.75) is 33.4 Å². The van der Waals surface area contributed by atoms with Crippen LogP contribution in [0.4, 0.5) is 0 Å². The fourth-order valence-electron chi connectivity index (χ4n) is 3.16. The molecule has 0 heterocycles. The molecule has 0 amide bonds. The SMILES string of the molecule is CCOc1cc(CNCCc2ccc(Cl)cc2)cc(Cl)c1OCc1ccccc1C. The van der Waals surface area contributed by atoms with Crippen LogP contribution in [0.5, 0.6) is 11.5 Å². The minimum Gasteiger partial charge on any atom is -0.490 e. The molecule has 0 aliphatic rings. The summed E-state index contributed by atoms with van der Waals surface area (Å²) < 4.78 is 11.9. The molecule has 3 aromatic carbocycles. The zero-order valence-corrected chi connectivity index (χ0v) is 18.9. The minimum absolute atomic E-state index is 0.450. The molecule has 0 spiro atoms. The van der Waals surface area contributed by atoms with Gasteiger partial charge in [-0.15, -0.1) is 0 Å². The average Bonchev–Trinajstić information content (AvgIpc) is 2.73. The highest BCUT2D eigenvalue weighted by Gasteiger charge is 2.13. The molecule has 158 valence electrons. The lowest BCUT2D eigenvalue weighted by molar-refractivity contribution is 0.269. The van der Waals surface area contributed by atoms with Gasteiger partial charge in [-0.2, -0.15) is 0 Å². The molecular formula is C25H27Cl2NO2. The number of nitrogens with one attached hydrogen (secondary N) is 1. The normalized spacial score (nSPS) is 10.8. The van der Waals surface area contributed by atoms with Crippen molar-refractivity contribution >= 4 is 23.2 Å². The van der Waals surface area contributed by atoms with E-state index in [-0.39, 0.29) is 0 Å². The summed E-state index contributed by atoms with van der Waals surface area (Å²) in [5, 5.41) is 4.78. The highest BCUT2D eigenvalue weighted by Crippen LogP contribution is 2.37. The first-order chi connectivity index (χ1) is 14.6. The van der Waals surface area contributed by atoms with Crippen LogP contribution < -0.4 is 14.8 Å². The van der Waals surface area contributed by atoms with Gasteiger partial charge in [0.25, 0.3) is 0 Å². The predicted molar refractivity (Wildman–Crippen MR) is 125 cm³/mol. The Kier molecular flexibility index (Phi) is 8.44. The molecule has 0 radical (unpaired) electrons. The summed E-state index contributed by atoms with van der Waals surface area (Å²) in [4.78, 5) is 0. The van der Waals surface area contributed by atoms with Gasteiger partial charge in [-0.3, -0.25) is 0 Å². The Bertz CT molecular complexity index is 958. The number of rotatable bonds is 10. The van der Waals surface area contributed by atoms with Crippen LogP contribution in [0, 0.1) is 6.92 Å². The van der Waals surface area contributed by atoms with Crippen LogP contribution in [0.2, 0.25) is 10.0 Å². The second-order valence-electron chi connectivity index (χ2n) is 7.11. The van der Waals surface area contributed by atoms with E-state index in [1.807, 2.05) is 43.3 Å². The zero-order valence-electron chi connectivity index (χ0n) is 17.4. The van der Waals surface area contributed by atoms with Gasteiger partial charge in [-0.05, 0) is 73.3 Å². The molecule has 1 N–H and O–H groups in total. The lowest BCUT2D eigenvalue weighted by atomic mass is 10.1. The van der Waals surface area contributed by atoms with Crippen LogP contribution >= 0.6 is 23.2 Å². The Balaban J connectivity index is 1.61. The molecule has 0 bridgehead atoms. The van der Waals surface area contributed by atoms with Crippen molar-refractivity contribution in [3.05, 3.63) is 93.0 Å². The van der Waals surface area contributed by atoms with Gasteiger partial charge in [0, 0.05) is 11.6 Å². The van der Waals surface area contributed by atoms with Crippen LogP contribution in [0.1, 0.15) is 29.2 Å². The summed E-state index contributed by atoms with van der Waals surface area (Å²) >= 11 is 12.5. The first-order valence-corrected chi connectivity index (χ1v) is 10.9. The number of benzene rings is 3. The highest BCUT2D eigenvalue weighted by molar-refractivity contribution is 6.32. The molecule has 0 fully saturated rings. The number of ether oxygens (including phenoxy) is 2. The summed E-state index contributed by atoms with van der Waals surface area (Å²) in [5.41, 5.74) is 4.62. The molecule has 30 heavy (non-hydrogen) atoms. The first kappa shape index (κ1) is 22.5. The van der Waals surface area contributed by atoms with Gasteiger partial charge in [0.05, 0.1) is 11.6 Å². The smallest absolute Gasteiger partial charge is 0.180 e. The van der Waals surface area contributed by atoms with Crippen molar-refractivity contribution in [2.75, 3.05) is 13.2 Å². The second-order valence-corrected chi connectivity index (χ2v) is 7.95. The molecule has 3 aromatic rings. The Labute approximate surface area is 188 Å². The van der Waals surface area contributed by atoms with E-state index in [2.05, 4.69) is 36.5 Å². The maximum Gasteiger partial charge on any atom is 0.180 e. The molecule has 0 saturated heterocycles. The van der Waals surface area contributed by atoms with E-state index in [1.54, 1.807) is 0 Å². The Morgan fingerprint density at radius 2 is 1.67 bits per heavy atom. The molecule has 0 aromatic heterocycles. The molecule has 0 aliphatic heterocycles. The number of aryl methyl sites for hydroxylation is 1. The average molecular weight is 444 g/mol. The van der Waals surface area contributed by atoms with Crippen molar-refractivity contribution in [2.24, 2.45) is 0 Å². The van der Waals surface area contributed by atoms with Crippen LogP contribution in [0.25, 0.3) is 0 Å². The molecule has 0 unspecified atom stereocenters. The van der Waals surface area contributed by atoms with E-state index in [0.29, 0.717) is 36.3 Å². The van der Waals surface area contributed by atoms with Crippen molar-refractivity contribution < 1.29 is 9.47 Å². The standard InChI is InChI=1S/C25H27Cl2NO2/c1-3-29-24-15-20(16-28-13-12-19-8-10-22(26)11-9-19)14-23(27)25(24)30-17-21-7-5-4-6-18(21)2/h4-11,14-15,28H,3,12-13,16-17H2,1-2H3. The second kappa shape index (κ2) is 11.3. The predicted octanol–water partition coefficient (Wildman–Crippen LogP) is 6.61. The molecule has 3 nitrogen and oxygen atoms in total. The lowest BCUT2D eigenvalue weighted by Crippen LogP contribution is -2.16. The van der Waals surface area contributed by atoms with Gasteiger partial charge in [-0.25, -0.2) is 0 Å². The maximum absolute atomic E-state index is 6.55. The quantitative estimate of drug-likeness (QED) is 0.357. The van der Waals surface area contributed by atoms with Gasteiger partial charge in [0.15, 0.2) is 11.5 Å². The topological polar surface area (TPSA) is 30.5 Å². The van der Waals surface area contributed by atoms with E-state index >= 15 is 0 Å². The highest BCUT2D eigenvalue weighted by atomic mass is 35.5. The van der Waals surface area contributed by atoms with E-state index < -0.39 is 0 Å². The fourth-order valence-corrected chi connectivity index (χ4v) is 3.58. The summed E-state index contributed by atoms with van der Waals surface area (Å²) in [6, 6.07) is 20.0. The molecule has 3 rings (SSSR count). The first-order valence-electron chi connectivity index (χ1n) is 10.1. The summed E-state index contributed by atoms with van der Waals surface area (Å²) in [5.74, 6) is 1.26. The van der Waals surface area contributed by atoms with Crippen LogP contribution in [0.15, 0.2) is 60.7 Å². The van der Waals surface area contributed by atoms with Gasteiger partial charge in [-0.1, -0.05) is 59.6 Å². The van der Waals surface area contributed by atoms with E-state index in [1.165, 1.54) is 11.1 Å². The van der Waals surface area contributed by atoms with Crippen molar-refractivity contribution in [1.29, 1.82) is 0 Å². The monoisotopic (exact) mass is 443 g/mol. The third-order valence-electron chi connectivity index (χ3n) is 4.84. The molecule has 0 aliphatic carbocycles. The Morgan fingerprint density at radius 3 is 2.40 bits per heavy atom. The Hall–Kier alpha value is -2.20. The van der Waals surface area contributed by atoms with Gasteiger partial charge < -0.3 is 14.8 Å². The maximum atomic E-state index is 6.55. The number of hydrogen-bond acceptors (Lipinski definition) is 3. The van der Waals surface area contributed by atoms with Crippen molar-refractivity contribution in [3.8, 4) is 11.5 Å². The molecule has 0 atom stereocenters. The fraction of sp³-hybridized carbons (Fsp3) is 0.280. The summed E-state index contributed by atoms with van der Waals surface area (Å²) in [6.45, 7) is 6.58. The van der Waals surface area contributed by atoms with Crippen molar-refractivity contribution in [3.63, 3.8) is 0 Å². The van der Waals surface area contributed by atoms with Crippen LogP contribution in [-0.2, 0) is 19.6 Å². The number of halogens is 2. The Morgan fingerprint density at radius 1 is 0.900 bits per heavy atom. The largest absolute Gasteiger partial charge is 0.490 e. The van der Waals surface area contributed by atoms with Crippen molar-refractivity contribution in [1.82, 2.24) is 5.32 Å². The molecular weight excluding hydrogens is 417 g/mol. The lowest BCUT2D eigenvalue weighted by Gasteiger charge is -2.16. The minimum atomic E-state index is 0.450. The summed E-state index contributed by atoms with van der Waals surface area (Å²) in [6.07, 6.45) is 0.931. The third kappa shape index (κ3) is 6.40. The summed E-state index contributed by atoms with van der Waals surface area (Å²) in [7, 11) is 0. The van der Waals surface area contributed by atoms with E-state index in [9.17, 15) is 0 Å². The van der Waals surface area contributed by atoms with Gasteiger partial charge in [0.1, 0.15) is 6.61 Å². The molecule has 5 heteroatoms. The molecule has 0 saturated carbocycles. The zero-order chi connectivity index (χ0) is 21.3. The number of hydrogen-bond donors (Lipinski definition) is 1. The van der Waals surface area contributed by atoms with Gasteiger partial charge in [0.2, 0.25) is 0 Å². The third-order valence-corrected chi connectivity index (χ3v) is 5.37.